The van der Waals surface area contributed by atoms with Crippen molar-refractivity contribution in [2.45, 2.75) is 51.3 Å². The molecule has 1 amide bonds. The van der Waals surface area contributed by atoms with Crippen LogP contribution in [0.5, 0.6) is 0 Å². The van der Waals surface area contributed by atoms with Crippen molar-refractivity contribution in [3.8, 4) is 0 Å². The lowest BCUT2D eigenvalue weighted by atomic mass is 9.89. The van der Waals surface area contributed by atoms with Gasteiger partial charge in [-0.2, -0.15) is 5.10 Å². The second-order valence-corrected chi connectivity index (χ2v) is 6.52. The van der Waals surface area contributed by atoms with Gasteiger partial charge in [0, 0.05) is 18.5 Å². The van der Waals surface area contributed by atoms with Gasteiger partial charge in [0.1, 0.15) is 11.4 Å². The van der Waals surface area contributed by atoms with E-state index in [2.05, 4.69) is 10.4 Å². The zero-order valence-electron chi connectivity index (χ0n) is 14.5. The number of carbonyl (C=O) groups is 2. The van der Waals surface area contributed by atoms with Gasteiger partial charge in [-0.05, 0) is 25.3 Å². The van der Waals surface area contributed by atoms with Crippen LogP contribution in [0.25, 0.3) is 0 Å². The average molecular weight is 341 g/mol. The quantitative estimate of drug-likeness (QED) is 0.790. The van der Waals surface area contributed by atoms with Crippen LogP contribution in [0.4, 0.5) is 0 Å². The van der Waals surface area contributed by atoms with Gasteiger partial charge >= 0.3 is 0 Å². The second-order valence-electron chi connectivity index (χ2n) is 6.52. The molecule has 1 aliphatic carbocycles. The number of amides is 1. The summed E-state index contributed by atoms with van der Waals surface area (Å²) in [6.07, 6.45) is 1.13. The molecule has 1 aliphatic rings. The molecule has 6 heteroatoms. The highest BCUT2D eigenvalue weighted by atomic mass is 16.3. The summed E-state index contributed by atoms with van der Waals surface area (Å²) in [5.74, 6) is -0.352. The Hall–Kier alpha value is -2.47. The Morgan fingerprint density at radius 3 is 2.60 bits per heavy atom. The summed E-state index contributed by atoms with van der Waals surface area (Å²) in [4.78, 5) is 24.7. The van der Waals surface area contributed by atoms with Crippen molar-refractivity contribution in [2.75, 3.05) is 0 Å². The third-order valence-corrected chi connectivity index (χ3v) is 4.67. The Bertz CT molecular complexity index is 763. The summed E-state index contributed by atoms with van der Waals surface area (Å²) in [7, 11) is 0. The van der Waals surface area contributed by atoms with E-state index in [1.165, 1.54) is 0 Å². The van der Waals surface area contributed by atoms with E-state index in [4.69, 9.17) is 0 Å². The predicted octanol–water partition coefficient (Wildman–Crippen LogP) is 2.34. The zero-order chi connectivity index (χ0) is 18.0. The minimum atomic E-state index is -0.337. The van der Waals surface area contributed by atoms with Crippen molar-refractivity contribution in [1.82, 2.24) is 15.1 Å². The number of Topliss-reactive ketones (excluding diaryl/α,β-unsaturated/α-hetero) is 1. The lowest BCUT2D eigenvalue weighted by Gasteiger charge is -2.32. The number of aliphatic hydroxyl groups excluding tert-OH is 1. The molecule has 6 nitrogen and oxygen atoms in total. The minimum Gasteiger partial charge on any atom is -0.393 e. The fraction of sp³-hybridized carbons (Fsp3) is 0.421. The first-order valence-corrected chi connectivity index (χ1v) is 8.66. The van der Waals surface area contributed by atoms with Gasteiger partial charge in [0.2, 0.25) is 0 Å². The smallest absolute Gasteiger partial charge is 0.269 e. The Labute approximate surface area is 146 Å². The van der Waals surface area contributed by atoms with Crippen molar-refractivity contribution in [2.24, 2.45) is 0 Å². The second kappa shape index (κ2) is 7.19. The molecule has 1 fully saturated rings. The van der Waals surface area contributed by atoms with Crippen LogP contribution in [0.2, 0.25) is 0 Å². The molecule has 132 valence electrons. The van der Waals surface area contributed by atoms with Crippen LogP contribution in [0.3, 0.4) is 0 Å². The highest BCUT2D eigenvalue weighted by Crippen LogP contribution is 2.23. The molecule has 1 aromatic heterocycles. The van der Waals surface area contributed by atoms with Gasteiger partial charge < -0.3 is 10.4 Å². The van der Waals surface area contributed by atoms with Crippen LogP contribution in [0.15, 0.2) is 36.4 Å². The number of aromatic nitrogens is 2. The predicted molar refractivity (Wildman–Crippen MR) is 93.6 cm³/mol. The highest BCUT2D eigenvalue weighted by molar-refractivity contribution is 5.98. The summed E-state index contributed by atoms with van der Waals surface area (Å²) >= 11 is 0. The van der Waals surface area contributed by atoms with Crippen molar-refractivity contribution in [3.05, 3.63) is 53.3 Å². The summed E-state index contributed by atoms with van der Waals surface area (Å²) in [6, 6.07) is 11.1. The number of ketones is 1. The lowest BCUT2D eigenvalue weighted by Crippen LogP contribution is -2.47. The monoisotopic (exact) mass is 341 g/mol. The molecule has 1 saturated carbocycles. The Morgan fingerprint density at radius 1 is 1.32 bits per heavy atom. The Kier molecular flexibility index (Phi) is 4.99. The third kappa shape index (κ3) is 3.64. The number of hydrogen-bond acceptors (Lipinski definition) is 4. The van der Waals surface area contributed by atoms with E-state index in [9.17, 15) is 14.7 Å². The van der Waals surface area contributed by atoms with Gasteiger partial charge in [-0.15, -0.1) is 0 Å². The topological polar surface area (TPSA) is 84.2 Å². The van der Waals surface area contributed by atoms with Crippen LogP contribution in [-0.2, 0) is 0 Å². The molecule has 2 aromatic rings. The number of benzene rings is 1. The van der Waals surface area contributed by atoms with Crippen molar-refractivity contribution < 1.29 is 14.7 Å². The zero-order valence-corrected chi connectivity index (χ0v) is 14.5. The summed E-state index contributed by atoms with van der Waals surface area (Å²) < 4.78 is 1.61. The number of carbonyl (C=O) groups excluding carboxylic acids is 2. The molecule has 25 heavy (non-hydrogen) atoms. The summed E-state index contributed by atoms with van der Waals surface area (Å²) in [5, 5.41) is 16.7. The van der Waals surface area contributed by atoms with Crippen molar-refractivity contribution in [3.63, 3.8) is 0 Å². The lowest BCUT2D eigenvalue weighted by molar-refractivity contribution is 0.0557. The van der Waals surface area contributed by atoms with Crippen molar-refractivity contribution in [1.29, 1.82) is 0 Å². The fourth-order valence-corrected chi connectivity index (χ4v) is 3.01. The third-order valence-electron chi connectivity index (χ3n) is 4.67. The number of hydrogen-bond donors (Lipinski definition) is 2. The van der Waals surface area contributed by atoms with Gasteiger partial charge in [-0.1, -0.05) is 37.3 Å². The molecule has 1 atom stereocenters. The maximum Gasteiger partial charge on any atom is 0.269 e. The van der Waals surface area contributed by atoms with Gasteiger partial charge in [-0.3, -0.25) is 14.3 Å². The average Bonchev–Trinajstić information content (AvgIpc) is 3.05. The minimum absolute atomic E-state index is 0.0248. The van der Waals surface area contributed by atoms with E-state index in [1.807, 2.05) is 37.3 Å². The number of rotatable bonds is 6. The number of nitrogens with zero attached hydrogens (tertiary/aromatic N) is 2. The first-order chi connectivity index (χ1) is 12.0. The van der Waals surface area contributed by atoms with Crippen LogP contribution >= 0.6 is 0 Å². The SMILES string of the molecule is CCC(=O)c1cc(C(=O)NC2CC(O)C2)n([C@@H](C)c2ccccc2)n1. The van der Waals surface area contributed by atoms with Crippen LogP contribution in [0, 0.1) is 0 Å². The van der Waals surface area contributed by atoms with Crippen LogP contribution < -0.4 is 5.32 Å². The summed E-state index contributed by atoms with van der Waals surface area (Å²) in [6.45, 7) is 3.73. The molecule has 0 spiro atoms. The van der Waals surface area contributed by atoms with Crippen LogP contribution in [-0.4, -0.2) is 38.7 Å². The maximum absolute atomic E-state index is 12.7. The van der Waals surface area contributed by atoms with E-state index in [0.29, 0.717) is 30.7 Å². The molecule has 0 saturated heterocycles. The van der Waals surface area contributed by atoms with E-state index in [1.54, 1.807) is 17.7 Å². The molecule has 0 radical (unpaired) electrons. The molecule has 1 heterocycles. The van der Waals surface area contributed by atoms with Gasteiger partial charge in [-0.25, -0.2) is 0 Å². The molecular formula is C19H23N3O3. The standard InChI is InChI=1S/C19H23N3O3/c1-3-18(24)16-11-17(19(25)20-14-9-15(23)10-14)22(21-16)12(2)13-7-5-4-6-8-13/h4-8,11-12,14-15,23H,3,9-10H2,1-2H3,(H,20,25)/t12-,14?,15?/m0/s1. The highest BCUT2D eigenvalue weighted by Gasteiger charge is 2.30. The Balaban J connectivity index is 1.90. The van der Waals surface area contributed by atoms with Gasteiger partial charge in [0.25, 0.3) is 5.91 Å². The molecule has 1 aromatic carbocycles. The molecular weight excluding hydrogens is 318 g/mol. The van der Waals surface area contributed by atoms with Crippen LogP contribution in [0.1, 0.15) is 65.7 Å². The van der Waals surface area contributed by atoms with Crippen molar-refractivity contribution >= 4 is 11.7 Å². The normalized spacial score (nSPS) is 20.6. The first kappa shape index (κ1) is 17.4. The Morgan fingerprint density at radius 2 is 2.00 bits per heavy atom. The molecule has 0 unspecified atom stereocenters. The van der Waals surface area contributed by atoms with Gasteiger partial charge in [0.15, 0.2) is 5.78 Å². The molecule has 0 bridgehead atoms. The summed E-state index contributed by atoms with van der Waals surface area (Å²) in [5.41, 5.74) is 1.69. The number of aliphatic hydroxyl groups is 1. The van der Waals surface area contributed by atoms with E-state index in [-0.39, 0.29) is 29.9 Å². The number of nitrogens with one attached hydrogen (secondary N) is 1. The molecule has 2 N–H and O–H groups in total. The van der Waals surface area contributed by atoms with Gasteiger partial charge in [0.05, 0.1) is 12.1 Å². The van der Waals surface area contributed by atoms with E-state index in [0.717, 1.165) is 5.56 Å². The maximum atomic E-state index is 12.7. The first-order valence-electron chi connectivity index (χ1n) is 8.66. The largest absolute Gasteiger partial charge is 0.393 e. The molecule has 0 aliphatic heterocycles. The van der Waals surface area contributed by atoms with E-state index >= 15 is 0 Å². The fourth-order valence-electron chi connectivity index (χ4n) is 3.01. The molecule has 3 rings (SSSR count). The van der Waals surface area contributed by atoms with E-state index < -0.39 is 0 Å².